The maximum Gasteiger partial charge on any atom is 0.0618 e. The van der Waals surface area contributed by atoms with Gasteiger partial charge in [-0.25, -0.2) is 0 Å². The van der Waals surface area contributed by atoms with E-state index in [4.69, 9.17) is 0 Å². The molecule has 1 aliphatic heterocycles. The molecule has 2 aliphatic rings. The van der Waals surface area contributed by atoms with Gasteiger partial charge in [0.05, 0.1) is 6.61 Å². The van der Waals surface area contributed by atoms with Crippen LogP contribution in [0.25, 0.3) is 0 Å². The highest BCUT2D eigenvalue weighted by Gasteiger charge is 2.47. The van der Waals surface area contributed by atoms with Gasteiger partial charge in [0.1, 0.15) is 0 Å². The minimum Gasteiger partial charge on any atom is -0.394 e. The maximum absolute atomic E-state index is 9.97. The Morgan fingerprint density at radius 2 is 1.88 bits per heavy atom. The fraction of sp³-hybridized carbons (Fsp3) is 1.00. The van der Waals surface area contributed by atoms with Crippen molar-refractivity contribution in [2.45, 2.75) is 45.6 Å². The SMILES string of the molecule is CC1CC(C)(C)CCC1(CO)N1CCNCC1. The number of nitrogens with one attached hydrogen (secondary N) is 1. The van der Waals surface area contributed by atoms with E-state index in [1.807, 2.05) is 0 Å². The number of hydrogen-bond donors (Lipinski definition) is 2. The fourth-order valence-corrected chi connectivity index (χ4v) is 3.84. The molecule has 3 nitrogen and oxygen atoms in total. The first-order chi connectivity index (χ1) is 8.00. The van der Waals surface area contributed by atoms with Crippen LogP contribution < -0.4 is 5.32 Å². The average molecular weight is 240 g/mol. The summed E-state index contributed by atoms with van der Waals surface area (Å²) in [6.07, 6.45) is 3.62. The zero-order valence-corrected chi connectivity index (χ0v) is 11.6. The summed E-state index contributed by atoms with van der Waals surface area (Å²) in [6, 6.07) is 0. The van der Waals surface area contributed by atoms with E-state index < -0.39 is 0 Å². The second-order valence-electron chi connectivity index (χ2n) is 6.77. The summed E-state index contributed by atoms with van der Waals surface area (Å²) in [4.78, 5) is 2.55. The van der Waals surface area contributed by atoms with Gasteiger partial charge in [-0.05, 0) is 30.6 Å². The van der Waals surface area contributed by atoms with Crippen LogP contribution in [0.4, 0.5) is 0 Å². The zero-order valence-electron chi connectivity index (χ0n) is 11.6. The van der Waals surface area contributed by atoms with Crippen LogP contribution in [0, 0.1) is 11.3 Å². The Balaban J connectivity index is 2.13. The lowest BCUT2D eigenvalue weighted by Crippen LogP contribution is -2.63. The summed E-state index contributed by atoms with van der Waals surface area (Å²) < 4.78 is 0. The number of piperazine rings is 1. The zero-order chi connectivity index (χ0) is 12.5. The first kappa shape index (κ1) is 13.3. The van der Waals surface area contributed by atoms with Crippen LogP contribution in [0.3, 0.4) is 0 Å². The Morgan fingerprint density at radius 1 is 1.24 bits per heavy atom. The predicted octanol–water partition coefficient (Wildman–Crippen LogP) is 1.47. The lowest BCUT2D eigenvalue weighted by Gasteiger charge is -2.54. The van der Waals surface area contributed by atoms with E-state index in [-0.39, 0.29) is 5.54 Å². The van der Waals surface area contributed by atoms with Gasteiger partial charge in [-0.2, -0.15) is 0 Å². The monoisotopic (exact) mass is 240 g/mol. The number of aliphatic hydroxyl groups is 1. The van der Waals surface area contributed by atoms with Crippen LogP contribution in [0.5, 0.6) is 0 Å². The first-order valence-corrected chi connectivity index (χ1v) is 7.07. The second kappa shape index (κ2) is 4.87. The molecule has 2 fully saturated rings. The Labute approximate surface area is 106 Å². The third-order valence-corrected chi connectivity index (χ3v) is 5.03. The van der Waals surface area contributed by atoms with E-state index in [1.54, 1.807) is 0 Å². The summed E-state index contributed by atoms with van der Waals surface area (Å²) in [7, 11) is 0. The first-order valence-electron chi connectivity index (χ1n) is 7.07. The third-order valence-electron chi connectivity index (χ3n) is 5.03. The molecular weight excluding hydrogens is 212 g/mol. The van der Waals surface area contributed by atoms with Gasteiger partial charge in [0.15, 0.2) is 0 Å². The van der Waals surface area contributed by atoms with E-state index in [1.165, 1.54) is 12.8 Å². The molecule has 0 spiro atoms. The van der Waals surface area contributed by atoms with Crippen LogP contribution in [-0.2, 0) is 0 Å². The average Bonchev–Trinajstić information content (AvgIpc) is 2.30. The van der Waals surface area contributed by atoms with E-state index in [9.17, 15) is 5.11 Å². The molecule has 3 heteroatoms. The summed E-state index contributed by atoms with van der Waals surface area (Å²) in [6.45, 7) is 11.7. The molecule has 2 atom stereocenters. The minimum atomic E-state index is 0.0532. The van der Waals surface area contributed by atoms with Crippen molar-refractivity contribution in [2.24, 2.45) is 11.3 Å². The third kappa shape index (κ3) is 2.51. The van der Waals surface area contributed by atoms with Gasteiger partial charge in [0.2, 0.25) is 0 Å². The summed E-state index contributed by atoms with van der Waals surface area (Å²) in [5.74, 6) is 0.592. The van der Waals surface area contributed by atoms with E-state index in [0.717, 1.165) is 32.6 Å². The molecule has 0 bridgehead atoms. The van der Waals surface area contributed by atoms with Crippen LogP contribution in [0.1, 0.15) is 40.0 Å². The molecule has 1 saturated heterocycles. The molecule has 0 aromatic rings. The summed E-state index contributed by atoms with van der Waals surface area (Å²) in [5.41, 5.74) is 0.504. The van der Waals surface area contributed by atoms with Gasteiger partial charge in [-0.15, -0.1) is 0 Å². The topological polar surface area (TPSA) is 35.5 Å². The maximum atomic E-state index is 9.97. The lowest BCUT2D eigenvalue weighted by molar-refractivity contribution is -0.0662. The fourth-order valence-electron chi connectivity index (χ4n) is 3.84. The highest BCUT2D eigenvalue weighted by molar-refractivity contribution is 5.01. The Hall–Kier alpha value is -0.120. The molecule has 100 valence electrons. The number of aliphatic hydroxyl groups excluding tert-OH is 1. The number of hydrogen-bond acceptors (Lipinski definition) is 3. The van der Waals surface area contributed by atoms with Gasteiger partial charge in [-0.3, -0.25) is 4.90 Å². The smallest absolute Gasteiger partial charge is 0.0618 e. The second-order valence-corrected chi connectivity index (χ2v) is 6.77. The van der Waals surface area contributed by atoms with Crippen LogP contribution in [0.2, 0.25) is 0 Å². The summed E-state index contributed by atoms with van der Waals surface area (Å²) >= 11 is 0. The Kier molecular flexibility index (Phi) is 3.81. The molecule has 1 heterocycles. The van der Waals surface area contributed by atoms with Crippen molar-refractivity contribution in [3.8, 4) is 0 Å². The number of nitrogens with zero attached hydrogens (tertiary/aromatic N) is 1. The molecule has 0 radical (unpaired) electrons. The summed E-state index contributed by atoms with van der Waals surface area (Å²) in [5, 5.41) is 13.4. The van der Waals surface area contributed by atoms with Crippen LogP contribution >= 0.6 is 0 Å². The molecule has 2 unspecified atom stereocenters. The van der Waals surface area contributed by atoms with Crippen molar-refractivity contribution < 1.29 is 5.11 Å². The van der Waals surface area contributed by atoms with Crippen molar-refractivity contribution in [1.82, 2.24) is 10.2 Å². The van der Waals surface area contributed by atoms with E-state index in [0.29, 0.717) is 17.9 Å². The molecule has 1 saturated carbocycles. The van der Waals surface area contributed by atoms with E-state index >= 15 is 0 Å². The van der Waals surface area contributed by atoms with Crippen molar-refractivity contribution in [1.29, 1.82) is 0 Å². The van der Waals surface area contributed by atoms with Gasteiger partial charge in [-0.1, -0.05) is 20.8 Å². The molecule has 1 aliphatic carbocycles. The highest BCUT2D eigenvalue weighted by Crippen LogP contribution is 2.46. The van der Waals surface area contributed by atoms with Crippen LogP contribution in [0.15, 0.2) is 0 Å². The van der Waals surface area contributed by atoms with Crippen molar-refractivity contribution in [3.05, 3.63) is 0 Å². The minimum absolute atomic E-state index is 0.0532. The largest absolute Gasteiger partial charge is 0.394 e. The number of rotatable bonds is 2. The Morgan fingerprint density at radius 3 is 2.41 bits per heavy atom. The lowest BCUT2D eigenvalue weighted by atomic mass is 9.63. The Bertz CT molecular complexity index is 261. The standard InChI is InChI=1S/C14H28N2O/c1-12-10-13(2,3)4-5-14(12,11-17)16-8-6-15-7-9-16/h12,15,17H,4-11H2,1-3H3. The predicted molar refractivity (Wildman–Crippen MR) is 71.1 cm³/mol. The van der Waals surface area contributed by atoms with Crippen LogP contribution in [-0.4, -0.2) is 48.3 Å². The van der Waals surface area contributed by atoms with E-state index in [2.05, 4.69) is 31.0 Å². The molecular formula is C14H28N2O. The van der Waals surface area contributed by atoms with Crippen molar-refractivity contribution in [2.75, 3.05) is 32.8 Å². The van der Waals surface area contributed by atoms with Gasteiger partial charge in [0.25, 0.3) is 0 Å². The van der Waals surface area contributed by atoms with Crippen molar-refractivity contribution >= 4 is 0 Å². The van der Waals surface area contributed by atoms with Gasteiger partial charge < -0.3 is 10.4 Å². The highest BCUT2D eigenvalue weighted by atomic mass is 16.3. The van der Waals surface area contributed by atoms with Gasteiger partial charge >= 0.3 is 0 Å². The molecule has 17 heavy (non-hydrogen) atoms. The molecule has 0 aromatic carbocycles. The normalized spacial score (nSPS) is 39.2. The molecule has 0 aromatic heterocycles. The molecule has 2 rings (SSSR count). The molecule has 0 amide bonds. The molecule has 2 N–H and O–H groups in total. The van der Waals surface area contributed by atoms with Crippen molar-refractivity contribution in [3.63, 3.8) is 0 Å². The quantitative estimate of drug-likeness (QED) is 0.767. The van der Waals surface area contributed by atoms with Gasteiger partial charge in [0, 0.05) is 31.7 Å².